The van der Waals surface area contributed by atoms with Gasteiger partial charge in [0.15, 0.2) is 0 Å². The average Bonchev–Trinajstić information content (AvgIpc) is 3.12. The topological polar surface area (TPSA) is 58.2 Å². The number of thiophene rings is 1. The van der Waals surface area contributed by atoms with E-state index in [9.17, 15) is 9.59 Å². The molecule has 1 aromatic heterocycles. The van der Waals surface area contributed by atoms with Gasteiger partial charge in [0.1, 0.15) is 0 Å². The molecule has 2 N–H and O–H groups in total. The van der Waals surface area contributed by atoms with Gasteiger partial charge in [-0.05, 0) is 47.8 Å². The Labute approximate surface area is 151 Å². The van der Waals surface area contributed by atoms with Crippen molar-refractivity contribution in [1.82, 2.24) is 0 Å². The van der Waals surface area contributed by atoms with E-state index in [4.69, 9.17) is 0 Å². The van der Waals surface area contributed by atoms with Crippen molar-refractivity contribution in [2.75, 3.05) is 10.6 Å². The SMILES string of the molecule is O=C(Nc1ccccc1C(=O)Nc1ccc(Br)cc1)c1cccs1. The van der Waals surface area contributed by atoms with Crippen molar-refractivity contribution in [2.45, 2.75) is 0 Å². The molecule has 0 bridgehead atoms. The minimum absolute atomic E-state index is 0.228. The van der Waals surface area contributed by atoms with Crippen LogP contribution in [-0.4, -0.2) is 11.8 Å². The lowest BCUT2D eigenvalue weighted by Gasteiger charge is -2.11. The molecule has 0 aliphatic heterocycles. The van der Waals surface area contributed by atoms with Gasteiger partial charge in [0.05, 0.1) is 16.1 Å². The minimum Gasteiger partial charge on any atom is -0.322 e. The molecule has 1 heterocycles. The molecule has 4 nitrogen and oxygen atoms in total. The van der Waals surface area contributed by atoms with Crippen LogP contribution in [0.1, 0.15) is 20.0 Å². The largest absolute Gasteiger partial charge is 0.322 e. The van der Waals surface area contributed by atoms with Crippen LogP contribution in [-0.2, 0) is 0 Å². The van der Waals surface area contributed by atoms with E-state index in [0.717, 1.165) is 4.47 Å². The summed E-state index contributed by atoms with van der Waals surface area (Å²) < 4.78 is 0.934. The first-order chi connectivity index (χ1) is 11.6. The number of rotatable bonds is 4. The molecule has 0 aliphatic carbocycles. The second-order valence-corrected chi connectivity index (χ2v) is 6.80. The molecule has 0 radical (unpaired) electrons. The van der Waals surface area contributed by atoms with Gasteiger partial charge in [0, 0.05) is 10.2 Å². The lowest BCUT2D eigenvalue weighted by molar-refractivity contribution is 0.102. The Morgan fingerprint density at radius 2 is 1.58 bits per heavy atom. The second kappa shape index (κ2) is 7.42. The number of carbonyl (C=O) groups excluding carboxylic acids is 2. The Hall–Kier alpha value is -2.44. The molecule has 3 rings (SSSR count). The van der Waals surface area contributed by atoms with Gasteiger partial charge in [0.2, 0.25) is 0 Å². The van der Waals surface area contributed by atoms with Crippen LogP contribution in [0.3, 0.4) is 0 Å². The second-order valence-electron chi connectivity index (χ2n) is 4.94. The molecule has 6 heteroatoms. The highest BCUT2D eigenvalue weighted by Crippen LogP contribution is 2.20. The standard InChI is InChI=1S/C18H13BrN2O2S/c19-12-7-9-13(10-8-12)20-17(22)14-4-1-2-5-15(14)21-18(23)16-6-3-11-24-16/h1-11H,(H,20,22)(H,21,23). The van der Waals surface area contributed by atoms with Gasteiger partial charge in [-0.15, -0.1) is 11.3 Å². The van der Waals surface area contributed by atoms with Crippen LogP contribution in [0.4, 0.5) is 11.4 Å². The van der Waals surface area contributed by atoms with E-state index < -0.39 is 0 Å². The van der Waals surface area contributed by atoms with Gasteiger partial charge < -0.3 is 10.6 Å². The predicted molar refractivity (Wildman–Crippen MR) is 101 cm³/mol. The lowest BCUT2D eigenvalue weighted by Crippen LogP contribution is -2.17. The van der Waals surface area contributed by atoms with Gasteiger partial charge in [-0.3, -0.25) is 9.59 Å². The number of para-hydroxylation sites is 1. The van der Waals surface area contributed by atoms with Gasteiger partial charge in [0.25, 0.3) is 11.8 Å². The highest BCUT2D eigenvalue weighted by Gasteiger charge is 2.14. The van der Waals surface area contributed by atoms with Crippen molar-refractivity contribution in [3.05, 3.63) is 81.0 Å². The number of hydrogen-bond donors (Lipinski definition) is 2. The van der Waals surface area contributed by atoms with Crippen LogP contribution in [0, 0.1) is 0 Å². The molecule has 0 atom stereocenters. The maximum absolute atomic E-state index is 12.5. The van der Waals surface area contributed by atoms with Crippen molar-refractivity contribution >= 4 is 50.5 Å². The minimum atomic E-state index is -0.278. The van der Waals surface area contributed by atoms with Gasteiger partial charge in [-0.1, -0.05) is 34.1 Å². The Balaban J connectivity index is 1.79. The fourth-order valence-corrected chi connectivity index (χ4v) is 3.00. The van der Waals surface area contributed by atoms with Gasteiger partial charge >= 0.3 is 0 Å². The third-order valence-electron chi connectivity index (χ3n) is 3.27. The molecule has 0 fully saturated rings. The highest BCUT2D eigenvalue weighted by atomic mass is 79.9. The first kappa shape index (κ1) is 16.4. The molecule has 2 aromatic carbocycles. The number of benzene rings is 2. The molecule has 24 heavy (non-hydrogen) atoms. The number of hydrogen-bond acceptors (Lipinski definition) is 3. The molecule has 0 saturated heterocycles. The van der Waals surface area contributed by atoms with Crippen LogP contribution in [0.15, 0.2) is 70.5 Å². The maximum Gasteiger partial charge on any atom is 0.265 e. The maximum atomic E-state index is 12.5. The zero-order valence-electron chi connectivity index (χ0n) is 12.5. The third kappa shape index (κ3) is 3.90. The number of nitrogens with one attached hydrogen (secondary N) is 2. The van der Waals surface area contributed by atoms with E-state index in [1.165, 1.54) is 11.3 Å². The fraction of sp³-hybridized carbons (Fsp3) is 0. The number of anilines is 2. The summed E-state index contributed by atoms with van der Waals surface area (Å²) in [5.41, 5.74) is 1.57. The predicted octanol–water partition coefficient (Wildman–Crippen LogP) is 5.02. The van der Waals surface area contributed by atoms with Crippen LogP contribution in [0.2, 0.25) is 0 Å². The summed E-state index contributed by atoms with van der Waals surface area (Å²) in [5, 5.41) is 7.45. The molecule has 0 unspecified atom stereocenters. The van der Waals surface area contributed by atoms with Crippen molar-refractivity contribution in [3.63, 3.8) is 0 Å². The summed E-state index contributed by atoms with van der Waals surface area (Å²) >= 11 is 4.71. The quantitative estimate of drug-likeness (QED) is 0.645. The van der Waals surface area contributed by atoms with Crippen LogP contribution in [0.25, 0.3) is 0 Å². The summed E-state index contributed by atoms with van der Waals surface area (Å²) in [6.07, 6.45) is 0. The van der Waals surface area contributed by atoms with E-state index in [0.29, 0.717) is 21.8 Å². The van der Waals surface area contributed by atoms with E-state index in [1.54, 1.807) is 42.5 Å². The Kier molecular flexibility index (Phi) is 5.08. The number of carbonyl (C=O) groups is 2. The zero-order chi connectivity index (χ0) is 16.9. The van der Waals surface area contributed by atoms with Crippen molar-refractivity contribution < 1.29 is 9.59 Å². The van der Waals surface area contributed by atoms with E-state index in [-0.39, 0.29) is 11.8 Å². The third-order valence-corrected chi connectivity index (χ3v) is 4.66. The van der Waals surface area contributed by atoms with E-state index >= 15 is 0 Å². The molecule has 120 valence electrons. The van der Waals surface area contributed by atoms with Crippen molar-refractivity contribution in [2.24, 2.45) is 0 Å². The Morgan fingerprint density at radius 3 is 2.29 bits per heavy atom. The summed E-state index contributed by atoms with van der Waals surface area (Å²) in [5.74, 6) is -0.506. The molecule has 0 saturated carbocycles. The molecule has 3 aromatic rings. The van der Waals surface area contributed by atoms with E-state index in [1.807, 2.05) is 23.6 Å². The summed E-state index contributed by atoms with van der Waals surface area (Å²) in [6, 6.07) is 17.8. The fourth-order valence-electron chi connectivity index (χ4n) is 2.11. The van der Waals surface area contributed by atoms with Gasteiger partial charge in [-0.25, -0.2) is 0 Å². The smallest absolute Gasteiger partial charge is 0.265 e. The van der Waals surface area contributed by atoms with Crippen molar-refractivity contribution in [3.8, 4) is 0 Å². The summed E-state index contributed by atoms with van der Waals surface area (Å²) in [6.45, 7) is 0. The highest BCUT2D eigenvalue weighted by molar-refractivity contribution is 9.10. The Bertz CT molecular complexity index is 861. The normalized spacial score (nSPS) is 10.2. The molecule has 0 spiro atoms. The average molecular weight is 401 g/mol. The monoisotopic (exact) mass is 400 g/mol. The van der Waals surface area contributed by atoms with Crippen LogP contribution < -0.4 is 10.6 Å². The van der Waals surface area contributed by atoms with Crippen molar-refractivity contribution in [1.29, 1.82) is 0 Å². The summed E-state index contributed by atoms with van der Waals surface area (Å²) in [4.78, 5) is 25.3. The van der Waals surface area contributed by atoms with Gasteiger partial charge in [-0.2, -0.15) is 0 Å². The number of amides is 2. The Morgan fingerprint density at radius 1 is 0.833 bits per heavy atom. The summed E-state index contributed by atoms with van der Waals surface area (Å²) in [7, 11) is 0. The van der Waals surface area contributed by atoms with Crippen LogP contribution >= 0.6 is 27.3 Å². The van der Waals surface area contributed by atoms with E-state index in [2.05, 4.69) is 26.6 Å². The number of halogens is 1. The molecule has 0 aliphatic rings. The molecular weight excluding hydrogens is 388 g/mol. The first-order valence-electron chi connectivity index (χ1n) is 7.14. The van der Waals surface area contributed by atoms with Crippen LogP contribution in [0.5, 0.6) is 0 Å². The molecular formula is C18H13BrN2O2S. The molecule has 2 amide bonds. The zero-order valence-corrected chi connectivity index (χ0v) is 14.9. The first-order valence-corrected chi connectivity index (χ1v) is 8.81. The lowest BCUT2D eigenvalue weighted by atomic mass is 10.1.